The molecule has 0 bridgehead atoms. The van der Waals surface area contributed by atoms with E-state index in [2.05, 4.69) is 20.4 Å². The molecular formula is C10H14N6O. The summed E-state index contributed by atoms with van der Waals surface area (Å²) in [7, 11) is 0. The number of amides is 1. The Morgan fingerprint density at radius 2 is 2.41 bits per heavy atom. The molecule has 7 nitrogen and oxygen atoms in total. The van der Waals surface area contributed by atoms with E-state index in [-0.39, 0.29) is 18.4 Å². The van der Waals surface area contributed by atoms with Gasteiger partial charge in [-0.2, -0.15) is 14.6 Å². The quantitative estimate of drug-likeness (QED) is 0.782. The largest absolute Gasteiger partial charge is 0.370 e. The van der Waals surface area contributed by atoms with E-state index in [4.69, 9.17) is 5.73 Å². The van der Waals surface area contributed by atoms with Crippen LogP contribution in [0, 0.1) is 6.92 Å². The van der Waals surface area contributed by atoms with Crippen molar-refractivity contribution in [1.29, 1.82) is 0 Å². The highest BCUT2D eigenvalue weighted by Gasteiger charge is 2.10. The highest BCUT2D eigenvalue weighted by molar-refractivity contribution is 5.74. The van der Waals surface area contributed by atoms with Gasteiger partial charge in [0.15, 0.2) is 0 Å². The van der Waals surface area contributed by atoms with Crippen molar-refractivity contribution in [3.05, 3.63) is 18.1 Å². The predicted molar refractivity (Wildman–Crippen MR) is 62.4 cm³/mol. The number of carbonyl (C=O) groups is 1. The number of rotatable bonds is 4. The highest BCUT2D eigenvalue weighted by atomic mass is 16.1. The Bertz CT molecular complexity index is 549. The standard InChI is InChI=1S/C10H14N6O/c1-6(3-8(11)17)14-9-4-7(2)15-10-12-5-13-16(9)10/h4-6,14H,3H2,1-2H3,(H2,11,17). The zero-order chi connectivity index (χ0) is 12.4. The predicted octanol–water partition coefficient (Wildman–Crippen LogP) is 0.109. The molecule has 0 fully saturated rings. The van der Waals surface area contributed by atoms with Crippen LogP contribution in [0.5, 0.6) is 0 Å². The fourth-order valence-electron chi connectivity index (χ4n) is 1.64. The van der Waals surface area contributed by atoms with E-state index in [1.54, 1.807) is 4.52 Å². The van der Waals surface area contributed by atoms with Gasteiger partial charge in [-0.05, 0) is 13.8 Å². The number of anilines is 1. The van der Waals surface area contributed by atoms with Crippen LogP contribution in [0.4, 0.5) is 5.82 Å². The van der Waals surface area contributed by atoms with Crippen molar-refractivity contribution >= 4 is 17.5 Å². The number of nitrogens with two attached hydrogens (primary N) is 1. The summed E-state index contributed by atoms with van der Waals surface area (Å²) in [5.74, 6) is 0.933. The van der Waals surface area contributed by atoms with Gasteiger partial charge < -0.3 is 11.1 Å². The molecule has 0 saturated heterocycles. The van der Waals surface area contributed by atoms with Crippen molar-refractivity contribution in [3.8, 4) is 0 Å². The van der Waals surface area contributed by atoms with Gasteiger partial charge >= 0.3 is 0 Å². The van der Waals surface area contributed by atoms with Gasteiger partial charge in [-0.3, -0.25) is 4.79 Å². The molecule has 1 unspecified atom stereocenters. The van der Waals surface area contributed by atoms with E-state index >= 15 is 0 Å². The smallest absolute Gasteiger partial charge is 0.254 e. The third-order valence-corrected chi connectivity index (χ3v) is 2.28. The van der Waals surface area contributed by atoms with Crippen LogP contribution in [0.15, 0.2) is 12.4 Å². The molecule has 0 aliphatic heterocycles. The lowest BCUT2D eigenvalue weighted by Crippen LogP contribution is -2.25. The topological polar surface area (TPSA) is 98.2 Å². The highest BCUT2D eigenvalue weighted by Crippen LogP contribution is 2.12. The second-order valence-electron chi connectivity index (χ2n) is 3.97. The second-order valence-corrected chi connectivity index (χ2v) is 3.97. The Labute approximate surface area is 98.1 Å². The van der Waals surface area contributed by atoms with Crippen LogP contribution in [0.3, 0.4) is 0 Å². The molecule has 1 amide bonds. The maximum absolute atomic E-state index is 10.8. The van der Waals surface area contributed by atoms with Crippen molar-refractivity contribution in [3.63, 3.8) is 0 Å². The summed E-state index contributed by atoms with van der Waals surface area (Å²) in [6, 6.07) is 1.78. The summed E-state index contributed by atoms with van der Waals surface area (Å²) >= 11 is 0. The zero-order valence-electron chi connectivity index (χ0n) is 9.71. The molecular weight excluding hydrogens is 220 g/mol. The van der Waals surface area contributed by atoms with Crippen molar-refractivity contribution in [2.24, 2.45) is 5.73 Å². The first-order valence-corrected chi connectivity index (χ1v) is 5.28. The Morgan fingerprint density at radius 3 is 3.12 bits per heavy atom. The number of nitrogens with zero attached hydrogens (tertiary/aromatic N) is 4. The van der Waals surface area contributed by atoms with Crippen LogP contribution < -0.4 is 11.1 Å². The number of primary amides is 1. The van der Waals surface area contributed by atoms with Crippen LogP contribution in [0.1, 0.15) is 19.0 Å². The number of hydrogen-bond donors (Lipinski definition) is 2. The van der Waals surface area contributed by atoms with E-state index in [0.717, 1.165) is 11.5 Å². The molecule has 0 aliphatic carbocycles. The number of nitrogens with one attached hydrogen (secondary N) is 1. The van der Waals surface area contributed by atoms with Crippen molar-refractivity contribution < 1.29 is 4.79 Å². The number of fused-ring (bicyclic) bond motifs is 1. The maximum Gasteiger partial charge on any atom is 0.254 e. The second kappa shape index (κ2) is 4.36. The fourth-order valence-corrected chi connectivity index (χ4v) is 1.64. The molecule has 7 heteroatoms. The van der Waals surface area contributed by atoms with Gasteiger partial charge in [0.1, 0.15) is 12.1 Å². The van der Waals surface area contributed by atoms with Crippen molar-refractivity contribution in [1.82, 2.24) is 19.6 Å². The number of carbonyl (C=O) groups excluding carboxylic acids is 1. The zero-order valence-corrected chi connectivity index (χ0v) is 9.71. The van der Waals surface area contributed by atoms with Gasteiger partial charge in [-0.1, -0.05) is 0 Å². The third-order valence-electron chi connectivity index (χ3n) is 2.28. The van der Waals surface area contributed by atoms with Crippen molar-refractivity contribution in [2.75, 3.05) is 5.32 Å². The van der Waals surface area contributed by atoms with E-state index < -0.39 is 0 Å². The Balaban J connectivity index is 2.28. The van der Waals surface area contributed by atoms with Gasteiger partial charge in [-0.25, -0.2) is 4.98 Å². The minimum Gasteiger partial charge on any atom is -0.370 e. The summed E-state index contributed by atoms with van der Waals surface area (Å²) < 4.78 is 1.59. The molecule has 17 heavy (non-hydrogen) atoms. The first-order chi connectivity index (χ1) is 8.06. The molecule has 0 aliphatic rings. The maximum atomic E-state index is 10.8. The SMILES string of the molecule is Cc1cc(NC(C)CC(N)=O)n2ncnc2n1. The molecule has 0 spiro atoms. The van der Waals surface area contributed by atoms with Gasteiger partial charge in [0.25, 0.3) is 5.78 Å². The van der Waals surface area contributed by atoms with Crippen LogP contribution in [-0.4, -0.2) is 31.5 Å². The van der Waals surface area contributed by atoms with Gasteiger partial charge in [0.05, 0.1) is 0 Å². The Hall–Kier alpha value is -2.18. The molecule has 2 heterocycles. The van der Waals surface area contributed by atoms with Gasteiger partial charge in [-0.15, -0.1) is 0 Å². The van der Waals surface area contributed by atoms with Crippen LogP contribution >= 0.6 is 0 Å². The first kappa shape index (κ1) is 11.3. The minimum absolute atomic E-state index is 0.0679. The van der Waals surface area contributed by atoms with Crippen LogP contribution in [-0.2, 0) is 4.79 Å². The third kappa shape index (κ3) is 2.49. The average molecular weight is 234 g/mol. The number of aromatic nitrogens is 4. The molecule has 2 aromatic heterocycles. The molecule has 2 rings (SSSR count). The molecule has 1 atom stereocenters. The van der Waals surface area contributed by atoms with Crippen LogP contribution in [0.2, 0.25) is 0 Å². The summed E-state index contributed by atoms with van der Waals surface area (Å²) in [4.78, 5) is 19.1. The summed E-state index contributed by atoms with van der Waals surface area (Å²) in [6.45, 7) is 3.75. The van der Waals surface area contributed by atoms with Crippen LogP contribution in [0.25, 0.3) is 5.78 Å². The monoisotopic (exact) mass is 234 g/mol. The summed E-state index contributed by atoms with van der Waals surface area (Å²) in [5.41, 5.74) is 5.98. The lowest BCUT2D eigenvalue weighted by molar-refractivity contribution is -0.118. The average Bonchev–Trinajstić information content (AvgIpc) is 2.63. The van der Waals surface area contributed by atoms with E-state index in [9.17, 15) is 4.79 Å². The Kier molecular flexibility index (Phi) is 2.90. The molecule has 0 radical (unpaired) electrons. The fraction of sp³-hybridized carbons (Fsp3) is 0.400. The molecule has 2 aromatic rings. The van der Waals surface area contributed by atoms with Gasteiger partial charge in [0.2, 0.25) is 5.91 Å². The lowest BCUT2D eigenvalue weighted by Gasteiger charge is -2.14. The van der Waals surface area contributed by atoms with E-state index in [0.29, 0.717) is 5.78 Å². The Morgan fingerprint density at radius 1 is 1.65 bits per heavy atom. The summed E-state index contributed by atoms with van der Waals surface area (Å²) in [5, 5.41) is 7.22. The van der Waals surface area contributed by atoms with E-state index in [1.807, 2.05) is 19.9 Å². The van der Waals surface area contributed by atoms with Gasteiger partial charge in [0, 0.05) is 24.2 Å². The summed E-state index contributed by atoms with van der Waals surface area (Å²) in [6.07, 6.45) is 1.70. The van der Waals surface area contributed by atoms with Crippen molar-refractivity contribution in [2.45, 2.75) is 26.3 Å². The number of aryl methyl sites for hydroxylation is 1. The molecule has 0 aromatic carbocycles. The molecule has 3 N–H and O–H groups in total. The van der Waals surface area contributed by atoms with E-state index in [1.165, 1.54) is 6.33 Å². The first-order valence-electron chi connectivity index (χ1n) is 5.28. The molecule has 90 valence electrons. The minimum atomic E-state index is -0.342. The molecule has 0 saturated carbocycles. The lowest BCUT2D eigenvalue weighted by atomic mass is 10.2. The number of hydrogen-bond acceptors (Lipinski definition) is 5. The normalized spacial score (nSPS) is 12.6.